The standard InChI is InChI=1S/C62H64N12O8S/c1-5-36-83-59-67-56(63-30-31-64-61(77)82-62(2,3)4)55-57(68-59)74(72-70-55)38-42-20-22-43(23-21-42)53-39-73(71-69-53)32-33-78-34-35-79-45-26-28-46(29-27-45)81-54-17-11-10-16-52(54)66-58(75)44-24-18-41(19-25-44)37-65-60(76)80-40-51-49-14-8-6-12-47(49)48-13-7-9-15-50(48)51/h6-29,39,51H,5,30-38,40H2,1-4H3,(H,64,77)(H,65,76)(H,66,75)(H,63,67,68). The van der Waals surface area contributed by atoms with Gasteiger partial charge in [-0.05, 0) is 109 Å². The molecule has 0 saturated heterocycles. The molecule has 83 heavy (non-hydrogen) atoms. The van der Waals surface area contributed by atoms with Crippen LogP contribution in [-0.2, 0) is 33.8 Å². The lowest BCUT2D eigenvalue weighted by molar-refractivity contribution is 0.0529. The zero-order valence-corrected chi connectivity index (χ0v) is 47.4. The van der Waals surface area contributed by atoms with Crippen molar-refractivity contribution >= 4 is 52.5 Å². The van der Waals surface area contributed by atoms with Crippen LogP contribution in [0.4, 0.5) is 21.1 Å². The van der Waals surface area contributed by atoms with Crippen LogP contribution in [0.2, 0.25) is 0 Å². The average molecular weight is 1140 g/mol. The van der Waals surface area contributed by atoms with Crippen LogP contribution in [0.5, 0.6) is 17.2 Å². The van der Waals surface area contributed by atoms with E-state index in [-0.39, 0.29) is 25.0 Å². The second kappa shape index (κ2) is 27.0. The summed E-state index contributed by atoms with van der Waals surface area (Å²) in [6.07, 6.45) is 1.86. The Bertz CT molecular complexity index is 3620. The van der Waals surface area contributed by atoms with Crippen molar-refractivity contribution in [1.82, 2.24) is 50.6 Å². The smallest absolute Gasteiger partial charge is 0.407 e. The van der Waals surface area contributed by atoms with Gasteiger partial charge in [0, 0.05) is 42.4 Å². The largest absolute Gasteiger partial charge is 0.491 e. The Hall–Kier alpha value is -9.34. The van der Waals surface area contributed by atoms with Crippen LogP contribution < -0.4 is 30.7 Å². The number of alkyl carbamates (subject to hydrolysis) is 2. The van der Waals surface area contributed by atoms with E-state index in [0.29, 0.717) is 96.6 Å². The van der Waals surface area contributed by atoms with Gasteiger partial charge in [-0.1, -0.05) is 126 Å². The maximum Gasteiger partial charge on any atom is 0.407 e. The third kappa shape index (κ3) is 15.2. The second-order valence-electron chi connectivity index (χ2n) is 20.4. The minimum atomic E-state index is -0.584. The van der Waals surface area contributed by atoms with Crippen molar-refractivity contribution in [3.05, 3.63) is 180 Å². The molecule has 3 aromatic heterocycles. The minimum Gasteiger partial charge on any atom is -0.491 e. The quantitative estimate of drug-likeness (QED) is 0.0237. The lowest BCUT2D eigenvalue weighted by atomic mass is 9.98. The highest BCUT2D eigenvalue weighted by Gasteiger charge is 2.29. The number of nitrogens with zero attached hydrogens (tertiary/aromatic N) is 8. The van der Waals surface area contributed by atoms with Crippen LogP contribution >= 0.6 is 11.8 Å². The van der Waals surface area contributed by atoms with Crippen LogP contribution in [0.25, 0.3) is 33.5 Å². The second-order valence-corrected chi connectivity index (χ2v) is 21.5. The van der Waals surface area contributed by atoms with E-state index in [2.05, 4.69) is 73.1 Å². The number of fused-ring (bicyclic) bond motifs is 4. The molecule has 0 bridgehead atoms. The van der Waals surface area contributed by atoms with Crippen LogP contribution in [0.3, 0.4) is 0 Å². The number of anilines is 2. The highest BCUT2D eigenvalue weighted by atomic mass is 32.2. The molecule has 0 saturated carbocycles. The molecule has 0 spiro atoms. The van der Waals surface area contributed by atoms with Gasteiger partial charge in [-0.25, -0.2) is 28.9 Å². The molecule has 1 aliphatic carbocycles. The Kier molecular flexibility index (Phi) is 18.5. The molecule has 3 amide bonds. The number of carbonyl (C=O) groups excluding carboxylic acids is 3. The van der Waals surface area contributed by atoms with Crippen LogP contribution in [0, 0.1) is 0 Å². The van der Waals surface area contributed by atoms with Gasteiger partial charge in [0.1, 0.15) is 36.0 Å². The summed E-state index contributed by atoms with van der Waals surface area (Å²) in [6.45, 7) is 10.8. The molecule has 21 heteroatoms. The number of para-hydroxylation sites is 2. The van der Waals surface area contributed by atoms with Gasteiger partial charge in [0.15, 0.2) is 27.9 Å². The number of rotatable bonds is 25. The summed E-state index contributed by atoms with van der Waals surface area (Å²) < 4.78 is 32.5. The van der Waals surface area contributed by atoms with Gasteiger partial charge >= 0.3 is 12.2 Å². The third-order valence-corrected chi connectivity index (χ3v) is 14.2. The molecular formula is C62H64N12O8S. The van der Waals surface area contributed by atoms with Crippen molar-refractivity contribution < 1.29 is 38.1 Å². The third-order valence-electron chi connectivity index (χ3n) is 13.1. The molecule has 0 radical (unpaired) electrons. The van der Waals surface area contributed by atoms with Crippen molar-refractivity contribution in [2.45, 2.75) is 70.4 Å². The lowest BCUT2D eigenvalue weighted by Gasteiger charge is -2.19. The van der Waals surface area contributed by atoms with Crippen LogP contribution in [0.1, 0.15) is 72.6 Å². The number of aromatic nitrogens is 8. The summed E-state index contributed by atoms with van der Waals surface area (Å²) in [4.78, 5) is 47.8. The van der Waals surface area contributed by atoms with Crippen LogP contribution in [0.15, 0.2) is 157 Å². The summed E-state index contributed by atoms with van der Waals surface area (Å²) in [7, 11) is 0. The molecule has 0 atom stereocenters. The predicted molar refractivity (Wildman–Crippen MR) is 317 cm³/mol. The molecule has 9 aromatic rings. The van der Waals surface area contributed by atoms with E-state index in [9.17, 15) is 14.4 Å². The number of nitrogens with one attached hydrogen (secondary N) is 4. The highest BCUT2D eigenvalue weighted by Crippen LogP contribution is 2.44. The fourth-order valence-corrected chi connectivity index (χ4v) is 9.83. The topological polar surface area (TPSA) is 233 Å². The molecule has 3 heterocycles. The van der Waals surface area contributed by atoms with Crippen molar-refractivity contribution in [2.24, 2.45) is 0 Å². The van der Waals surface area contributed by atoms with E-state index in [0.717, 1.165) is 45.7 Å². The van der Waals surface area contributed by atoms with E-state index in [1.165, 1.54) is 11.1 Å². The van der Waals surface area contributed by atoms with Crippen molar-refractivity contribution in [2.75, 3.05) is 55.9 Å². The molecule has 6 aromatic carbocycles. The molecule has 4 N–H and O–H groups in total. The van der Waals surface area contributed by atoms with Gasteiger partial charge in [0.2, 0.25) is 0 Å². The Labute approximate surface area is 484 Å². The monoisotopic (exact) mass is 1140 g/mol. The highest BCUT2D eigenvalue weighted by molar-refractivity contribution is 7.99. The molecule has 10 rings (SSSR count). The van der Waals surface area contributed by atoms with E-state index in [1.807, 2.05) is 99.8 Å². The summed E-state index contributed by atoms with van der Waals surface area (Å²) in [5.74, 6) is 2.75. The first-order valence-electron chi connectivity index (χ1n) is 27.4. The zero-order chi connectivity index (χ0) is 57.5. The number of amides is 3. The summed E-state index contributed by atoms with van der Waals surface area (Å²) >= 11 is 1.56. The SMILES string of the molecule is CCCSc1nc(NCCNC(=O)OC(C)(C)C)c2nnn(Cc3ccc(-c4cn(CCOCCOc5ccc(Oc6ccccc6NC(=O)c6ccc(CNC(=O)OCC7c8ccccc8-c8ccccc87)cc6)cc5)nn4)cc3)c2n1. The molecule has 0 unspecified atom stereocenters. The number of hydrogen-bond acceptors (Lipinski definition) is 16. The molecule has 426 valence electrons. The van der Waals surface area contributed by atoms with Crippen molar-refractivity contribution in [3.8, 4) is 39.6 Å². The number of carbonyl (C=O) groups is 3. The number of benzene rings is 6. The summed E-state index contributed by atoms with van der Waals surface area (Å²) in [6, 6.07) is 45.9. The minimum absolute atomic E-state index is 0.0266. The molecule has 1 aliphatic rings. The van der Waals surface area contributed by atoms with E-state index in [4.69, 9.17) is 33.7 Å². The predicted octanol–water partition coefficient (Wildman–Crippen LogP) is 11.1. The normalized spacial score (nSPS) is 11.9. The number of ether oxygens (including phenoxy) is 5. The van der Waals surface area contributed by atoms with Gasteiger partial charge in [0.05, 0.1) is 38.2 Å². The van der Waals surface area contributed by atoms with Gasteiger partial charge in [-0.3, -0.25) is 4.79 Å². The molecule has 20 nitrogen and oxygen atoms in total. The number of thioether (sulfide) groups is 1. The van der Waals surface area contributed by atoms with Crippen molar-refractivity contribution in [1.29, 1.82) is 0 Å². The summed E-state index contributed by atoms with van der Waals surface area (Å²) in [5, 5.41) is 30.0. The average Bonchev–Trinajstić information content (AvgIpc) is 4.45. The maximum absolute atomic E-state index is 13.4. The lowest BCUT2D eigenvalue weighted by Crippen LogP contribution is -2.35. The first kappa shape index (κ1) is 56.9. The van der Waals surface area contributed by atoms with E-state index in [1.54, 1.807) is 69.7 Å². The first-order chi connectivity index (χ1) is 40.4. The Morgan fingerprint density at radius 2 is 1.41 bits per heavy atom. The van der Waals surface area contributed by atoms with E-state index < -0.39 is 17.8 Å². The maximum atomic E-state index is 13.4. The van der Waals surface area contributed by atoms with Crippen LogP contribution in [-0.4, -0.2) is 109 Å². The van der Waals surface area contributed by atoms with Gasteiger partial charge in [-0.15, -0.1) is 10.2 Å². The Morgan fingerprint density at radius 1 is 0.699 bits per heavy atom. The van der Waals surface area contributed by atoms with Gasteiger partial charge in [0.25, 0.3) is 5.91 Å². The Morgan fingerprint density at radius 3 is 2.16 bits per heavy atom. The number of hydrogen-bond donors (Lipinski definition) is 4. The summed E-state index contributed by atoms with van der Waals surface area (Å²) in [5.41, 5.74) is 9.61. The van der Waals surface area contributed by atoms with Crippen molar-refractivity contribution in [3.63, 3.8) is 0 Å². The fraction of sp³-hybridized carbons (Fsp3) is 0.274. The Balaban J connectivity index is 0.627. The fourth-order valence-electron chi connectivity index (χ4n) is 9.14. The molecule has 0 aliphatic heterocycles. The zero-order valence-electron chi connectivity index (χ0n) is 46.5. The molecule has 0 fully saturated rings. The first-order valence-corrected chi connectivity index (χ1v) is 28.4. The molecular weight excluding hydrogens is 1070 g/mol. The van der Waals surface area contributed by atoms with E-state index >= 15 is 0 Å². The van der Waals surface area contributed by atoms with Gasteiger partial charge < -0.3 is 45.0 Å². The van der Waals surface area contributed by atoms with Gasteiger partial charge in [-0.2, -0.15) is 0 Å².